The summed E-state index contributed by atoms with van der Waals surface area (Å²) >= 11 is 0.828. The first-order chi connectivity index (χ1) is 14.8. The lowest BCUT2D eigenvalue weighted by atomic mass is 10.1. The highest BCUT2D eigenvalue weighted by molar-refractivity contribution is 7.93. The summed E-state index contributed by atoms with van der Waals surface area (Å²) in [5, 5.41) is 2.61. The molecule has 162 valence electrons. The Morgan fingerprint density at radius 1 is 0.903 bits per heavy atom. The van der Waals surface area contributed by atoms with Gasteiger partial charge in [-0.3, -0.25) is 4.79 Å². The molecule has 0 aliphatic rings. The van der Waals surface area contributed by atoms with Crippen LogP contribution in [0.1, 0.15) is 20.0 Å². The second kappa shape index (κ2) is 9.19. The second-order valence-corrected chi connectivity index (χ2v) is 9.39. The van der Waals surface area contributed by atoms with E-state index in [0.29, 0.717) is 5.75 Å². The number of rotatable bonds is 7. The zero-order chi connectivity index (χ0) is 22.6. The van der Waals surface area contributed by atoms with Crippen molar-refractivity contribution >= 4 is 38.7 Å². The van der Waals surface area contributed by atoms with Crippen molar-refractivity contribution in [3.8, 4) is 11.5 Å². The first-order valence-corrected chi connectivity index (χ1v) is 11.2. The first kappa shape index (κ1) is 22.3. The summed E-state index contributed by atoms with van der Waals surface area (Å²) < 4.78 is 40.7. The number of esters is 1. The van der Waals surface area contributed by atoms with Gasteiger partial charge in [0.05, 0.1) is 42.4 Å². The van der Waals surface area contributed by atoms with Crippen LogP contribution in [0.5, 0.6) is 11.5 Å². The minimum atomic E-state index is -3.74. The Bertz CT molecular complexity index is 1220. The highest BCUT2D eigenvalue weighted by Crippen LogP contribution is 2.34. The van der Waals surface area contributed by atoms with E-state index in [4.69, 9.17) is 14.2 Å². The van der Waals surface area contributed by atoms with Gasteiger partial charge in [0.1, 0.15) is 4.21 Å². The van der Waals surface area contributed by atoms with E-state index in [1.807, 2.05) is 0 Å². The molecule has 0 unspecified atom stereocenters. The van der Waals surface area contributed by atoms with Crippen molar-refractivity contribution in [3.05, 3.63) is 65.0 Å². The summed E-state index contributed by atoms with van der Waals surface area (Å²) in [5.74, 6) is -0.691. The fourth-order valence-corrected chi connectivity index (χ4v) is 5.37. The number of ether oxygens (including phenoxy) is 3. The van der Waals surface area contributed by atoms with E-state index in [0.717, 1.165) is 11.3 Å². The van der Waals surface area contributed by atoms with Gasteiger partial charge < -0.3 is 19.5 Å². The van der Waals surface area contributed by atoms with Crippen molar-refractivity contribution in [2.75, 3.05) is 26.6 Å². The molecule has 0 aliphatic heterocycles. The van der Waals surface area contributed by atoms with Gasteiger partial charge in [-0.25, -0.2) is 13.2 Å². The molecular weight excluding hydrogens is 442 g/mol. The number of sulfone groups is 1. The van der Waals surface area contributed by atoms with Crippen molar-refractivity contribution in [2.45, 2.75) is 9.10 Å². The highest BCUT2D eigenvalue weighted by atomic mass is 32.2. The number of carbonyl (C=O) groups excluding carboxylic acids is 2. The largest absolute Gasteiger partial charge is 0.493 e. The summed E-state index contributed by atoms with van der Waals surface area (Å²) in [4.78, 5) is 25.2. The lowest BCUT2D eigenvalue weighted by Crippen LogP contribution is -2.15. The molecule has 0 atom stereocenters. The molecule has 0 saturated carbocycles. The van der Waals surface area contributed by atoms with Gasteiger partial charge in [-0.1, -0.05) is 18.2 Å². The zero-order valence-electron chi connectivity index (χ0n) is 16.9. The fraction of sp³-hybridized carbons (Fsp3) is 0.143. The number of anilines is 1. The number of carbonyl (C=O) groups is 2. The second-order valence-electron chi connectivity index (χ2n) is 6.13. The van der Waals surface area contributed by atoms with Crippen molar-refractivity contribution in [2.24, 2.45) is 0 Å². The molecule has 0 bridgehead atoms. The van der Waals surface area contributed by atoms with E-state index in [1.54, 1.807) is 18.2 Å². The van der Waals surface area contributed by atoms with E-state index in [9.17, 15) is 18.0 Å². The third-order valence-corrected chi connectivity index (χ3v) is 7.65. The van der Waals surface area contributed by atoms with Crippen LogP contribution in [0.25, 0.3) is 0 Å². The van der Waals surface area contributed by atoms with E-state index in [-0.39, 0.29) is 31.0 Å². The first-order valence-electron chi connectivity index (χ1n) is 8.87. The zero-order valence-corrected chi connectivity index (χ0v) is 18.5. The standard InChI is InChI=1S/C21H19NO7S2/c1-27-16-11-14(21(24)29-3)15(12-17(16)28-2)22-20(23)18-9-10-19(30-18)31(25,26)13-7-5-4-6-8-13/h4-12H,1-3H3,(H,22,23). The summed E-state index contributed by atoms with van der Waals surface area (Å²) in [7, 11) is 0.303. The quantitative estimate of drug-likeness (QED) is 0.535. The van der Waals surface area contributed by atoms with Crippen LogP contribution in [0.15, 0.2) is 63.7 Å². The number of thiophene rings is 1. The number of benzene rings is 2. The smallest absolute Gasteiger partial charge is 0.340 e. The van der Waals surface area contributed by atoms with Gasteiger partial charge in [0.2, 0.25) is 9.84 Å². The monoisotopic (exact) mass is 461 g/mol. The van der Waals surface area contributed by atoms with Crippen molar-refractivity contribution in [1.82, 2.24) is 0 Å². The number of nitrogens with one attached hydrogen (secondary N) is 1. The molecule has 8 nitrogen and oxygen atoms in total. The Hall–Kier alpha value is -3.37. The van der Waals surface area contributed by atoms with E-state index in [2.05, 4.69) is 5.32 Å². The molecule has 3 rings (SSSR count). The molecule has 2 aromatic carbocycles. The normalized spacial score (nSPS) is 10.9. The predicted octanol–water partition coefficient (Wildman–Crippen LogP) is 3.64. The average Bonchev–Trinajstić information content (AvgIpc) is 3.30. The maximum Gasteiger partial charge on any atom is 0.340 e. The summed E-state index contributed by atoms with van der Waals surface area (Å²) in [6.45, 7) is 0. The molecule has 0 saturated heterocycles. The van der Waals surface area contributed by atoms with E-state index in [1.165, 1.54) is 57.7 Å². The van der Waals surface area contributed by atoms with Crippen LogP contribution < -0.4 is 14.8 Å². The van der Waals surface area contributed by atoms with Gasteiger partial charge in [0.15, 0.2) is 11.5 Å². The topological polar surface area (TPSA) is 108 Å². The van der Waals surface area contributed by atoms with Crippen molar-refractivity contribution in [3.63, 3.8) is 0 Å². The van der Waals surface area contributed by atoms with Gasteiger partial charge in [0.25, 0.3) is 5.91 Å². The lowest BCUT2D eigenvalue weighted by molar-refractivity contribution is 0.0601. The minimum Gasteiger partial charge on any atom is -0.493 e. The van der Waals surface area contributed by atoms with Gasteiger partial charge in [-0.15, -0.1) is 11.3 Å². The fourth-order valence-electron chi connectivity index (χ4n) is 2.75. The maximum absolute atomic E-state index is 12.8. The molecular formula is C21H19NO7S2. The molecule has 0 fully saturated rings. The SMILES string of the molecule is COC(=O)c1cc(OC)c(OC)cc1NC(=O)c1ccc(S(=O)(=O)c2ccccc2)s1. The molecule has 3 aromatic rings. The van der Waals surface area contributed by atoms with Gasteiger partial charge in [-0.05, 0) is 24.3 Å². The summed E-state index contributed by atoms with van der Waals surface area (Å²) in [5.41, 5.74) is 0.192. The van der Waals surface area contributed by atoms with E-state index >= 15 is 0 Å². The molecule has 31 heavy (non-hydrogen) atoms. The molecule has 1 amide bonds. The Labute approximate surface area is 183 Å². The van der Waals surface area contributed by atoms with Gasteiger partial charge in [0, 0.05) is 12.1 Å². The molecule has 0 radical (unpaired) electrons. The van der Waals surface area contributed by atoms with E-state index < -0.39 is 21.7 Å². The average molecular weight is 462 g/mol. The lowest BCUT2D eigenvalue weighted by Gasteiger charge is -2.14. The number of hydrogen-bond donors (Lipinski definition) is 1. The molecule has 10 heteroatoms. The third-order valence-electron chi connectivity index (χ3n) is 4.30. The Kier molecular flexibility index (Phi) is 6.62. The van der Waals surface area contributed by atoms with Crippen LogP contribution in [0, 0.1) is 0 Å². The Morgan fingerprint density at radius 2 is 1.55 bits per heavy atom. The number of methoxy groups -OCH3 is 3. The summed E-state index contributed by atoms with van der Waals surface area (Å²) in [6.07, 6.45) is 0. The third kappa shape index (κ3) is 4.54. The molecule has 0 aliphatic carbocycles. The van der Waals surface area contributed by atoms with Crippen LogP contribution in [0.2, 0.25) is 0 Å². The molecule has 1 heterocycles. The number of hydrogen-bond acceptors (Lipinski definition) is 8. The van der Waals surface area contributed by atoms with Gasteiger partial charge >= 0.3 is 5.97 Å². The van der Waals surface area contributed by atoms with Crippen LogP contribution in [-0.2, 0) is 14.6 Å². The van der Waals surface area contributed by atoms with Crippen LogP contribution >= 0.6 is 11.3 Å². The van der Waals surface area contributed by atoms with Crippen LogP contribution in [0.3, 0.4) is 0 Å². The number of amides is 1. The molecule has 1 N–H and O–H groups in total. The minimum absolute atomic E-state index is 0.0318. The van der Waals surface area contributed by atoms with Crippen molar-refractivity contribution < 1.29 is 32.2 Å². The Morgan fingerprint density at radius 3 is 2.16 bits per heavy atom. The summed E-state index contributed by atoms with van der Waals surface area (Å²) in [6, 6.07) is 13.5. The van der Waals surface area contributed by atoms with Crippen molar-refractivity contribution in [1.29, 1.82) is 0 Å². The van der Waals surface area contributed by atoms with Gasteiger partial charge in [-0.2, -0.15) is 0 Å². The predicted molar refractivity (Wildman–Crippen MR) is 115 cm³/mol. The Balaban J connectivity index is 1.93. The maximum atomic E-state index is 12.8. The highest BCUT2D eigenvalue weighted by Gasteiger charge is 2.23. The van der Waals surface area contributed by atoms with Crippen LogP contribution in [-0.4, -0.2) is 41.6 Å². The molecule has 0 spiro atoms. The molecule has 1 aromatic heterocycles. The van der Waals surface area contributed by atoms with Crippen LogP contribution in [0.4, 0.5) is 5.69 Å².